The molecule has 0 saturated heterocycles. The number of fused-ring (bicyclic) bond motifs is 1. The first-order valence-corrected chi connectivity index (χ1v) is 7.32. The van der Waals surface area contributed by atoms with Crippen LogP contribution in [0.15, 0.2) is 42.5 Å². The van der Waals surface area contributed by atoms with Gasteiger partial charge in [-0.2, -0.15) is 0 Å². The number of rotatable bonds is 2. The molecule has 1 unspecified atom stereocenters. The van der Waals surface area contributed by atoms with Crippen LogP contribution in [0.4, 0.5) is 10.1 Å². The standard InChI is InChI=1S/C19H14FNO3/c1-11-9-14(18-15(20)5-4-6-16(18)21-2)13-10-12(19(22)23-3)7-8-17(13)24-11/h4-11H,1,3H3. The third-order valence-corrected chi connectivity index (χ3v) is 3.79. The van der Waals surface area contributed by atoms with Crippen molar-refractivity contribution < 1.29 is 18.7 Å². The van der Waals surface area contributed by atoms with Crippen LogP contribution in [-0.4, -0.2) is 19.2 Å². The lowest BCUT2D eigenvalue weighted by molar-refractivity contribution is 0.0600. The molecule has 1 aliphatic rings. The molecule has 1 aliphatic heterocycles. The van der Waals surface area contributed by atoms with Crippen LogP contribution >= 0.6 is 0 Å². The average molecular weight is 323 g/mol. The molecular weight excluding hydrogens is 309 g/mol. The Labute approximate surface area is 139 Å². The molecule has 0 radical (unpaired) electrons. The second kappa shape index (κ2) is 6.17. The Balaban J connectivity index is 2.24. The van der Waals surface area contributed by atoms with E-state index < -0.39 is 11.8 Å². The molecule has 4 nitrogen and oxygen atoms in total. The molecule has 0 saturated carbocycles. The van der Waals surface area contributed by atoms with Gasteiger partial charge in [0.2, 0.25) is 0 Å². The summed E-state index contributed by atoms with van der Waals surface area (Å²) in [6.45, 7) is 9.13. The van der Waals surface area contributed by atoms with E-state index in [2.05, 4.69) is 4.85 Å². The number of nitrogens with zero attached hydrogens (tertiary/aromatic N) is 1. The van der Waals surface area contributed by atoms with Gasteiger partial charge in [0.15, 0.2) is 5.69 Å². The fourth-order valence-electron chi connectivity index (χ4n) is 2.74. The maximum atomic E-state index is 14.5. The number of esters is 1. The van der Waals surface area contributed by atoms with Gasteiger partial charge in [0, 0.05) is 11.1 Å². The summed E-state index contributed by atoms with van der Waals surface area (Å²) < 4.78 is 24.9. The van der Waals surface area contributed by atoms with Gasteiger partial charge in [0.25, 0.3) is 0 Å². The third kappa shape index (κ3) is 2.63. The van der Waals surface area contributed by atoms with Crippen molar-refractivity contribution in [3.8, 4) is 5.75 Å². The molecule has 0 bridgehead atoms. The highest BCUT2D eigenvalue weighted by Gasteiger charge is 2.24. The van der Waals surface area contributed by atoms with Crippen LogP contribution < -0.4 is 4.74 Å². The van der Waals surface area contributed by atoms with E-state index in [9.17, 15) is 9.18 Å². The number of carbonyl (C=O) groups excluding carboxylic acids is 1. The molecule has 120 valence electrons. The van der Waals surface area contributed by atoms with Gasteiger partial charge in [0.05, 0.1) is 19.2 Å². The third-order valence-electron chi connectivity index (χ3n) is 3.79. The molecule has 2 aromatic carbocycles. The number of ether oxygens (including phenoxy) is 2. The Morgan fingerprint density at radius 3 is 2.83 bits per heavy atom. The van der Waals surface area contributed by atoms with E-state index >= 15 is 0 Å². The topological polar surface area (TPSA) is 39.9 Å². The van der Waals surface area contributed by atoms with Gasteiger partial charge in [-0.25, -0.2) is 14.0 Å². The van der Waals surface area contributed by atoms with E-state index in [1.807, 2.05) is 6.92 Å². The summed E-state index contributed by atoms with van der Waals surface area (Å²) in [4.78, 5) is 15.2. The number of halogens is 1. The SMILES string of the molecule is [C-]#[N+]c1cccc(F)c1C1=CC(C)Oc2ccc(C(=O)OC)cc21. The molecule has 3 rings (SSSR count). The quantitative estimate of drug-likeness (QED) is 0.608. The van der Waals surface area contributed by atoms with Crippen molar-refractivity contribution in [1.29, 1.82) is 0 Å². The first-order valence-electron chi connectivity index (χ1n) is 7.32. The van der Waals surface area contributed by atoms with Crippen molar-refractivity contribution in [1.82, 2.24) is 0 Å². The Morgan fingerprint density at radius 2 is 2.12 bits per heavy atom. The van der Waals surface area contributed by atoms with Crippen molar-refractivity contribution in [2.45, 2.75) is 13.0 Å². The highest BCUT2D eigenvalue weighted by atomic mass is 19.1. The summed E-state index contributed by atoms with van der Waals surface area (Å²) in [5.74, 6) is -0.445. The van der Waals surface area contributed by atoms with E-state index in [1.54, 1.807) is 30.3 Å². The molecule has 0 N–H and O–H groups in total. The van der Waals surface area contributed by atoms with Crippen LogP contribution in [0.25, 0.3) is 10.4 Å². The first kappa shape index (κ1) is 15.8. The Kier molecular flexibility index (Phi) is 4.05. The predicted molar refractivity (Wildman–Crippen MR) is 87.6 cm³/mol. The number of methoxy groups -OCH3 is 1. The molecule has 0 aliphatic carbocycles. The van der Waals surface area contributed by atoms with Gasteiger partial charge in [-0.15, -0.1) is 0 Å². The van der Waals surface area contributed by atoms with Crippen molar-refractivity contribution in [2.75, 3.05) is 7.11 Å². The smallest absolute Gasteiger partial charge is 0.337 e. The maximum absolute atomic E-state index is 14.5. The van der Waals surface area contributed by atoms with E-state index in [0.29, 0.717) is 22.4 Å². The van der Waals surface area contributed by atoms with E-state index in [-0.39, 0.29) is 17.4 Å². The van der Waals surface area contributed by atoms with Crippen molar-refractivity contribution in [2.24, 2.45) is 0 Å². The lowest BCUT2D eigenvalue weighted by Crippen LogP contribution is -2.16. The molecule has 2 aromatic rings. The summed E-state index contributed by atoms with van der Waals surface area (Å²) in [5.41, 5.74) is 1.86. The van der Waals surface area contributed by atoms with Crippen LogP contribution in [0.1, 0.15) is 28.4 Å². The highest BCUT2D eigenvalue weighted by Crippen LogP contribution is 2.41. The van der Waals surface area contributed by atoms with Gasteiger partial charge in [0.1, 0.15) is 17.7 Å². The van der Waals surface area contributed by atoms with Gasteiger partial charge < -0.3 is 9.47 Å². The van der Waals surface area contributed by atoms with Gasteiger partial charge >= 0.3 is 5.97 Å². The molecule has 5 heteroatoms. The van der Waals surface area contributed by atoms with Crippen molar-refractivity contribution >= 4 is 17.2 Å². The lowest BCUT2D eigenvalue weighted by atomic mass is 9.91. The average Bonchev–Trinajstić information content (AvgIpc) is 2.59. The molecule has 0 aromatic heterocycles. The zero-order chi connectivity index (χ0) is 17.3. The fourth-order valence-corrected chi connectivity index (χ4v) is 2.74. The van der Waals surface area contributed by atoms with Crippen LogP contribution in [0.3, 0.4) is 0 Å². The van der Waals surface area contributed by atoms with Gasteiger partial charge in [-0.05, 0) is 42.8 Å². The van der Waals surface area contributed by atoms with Crippen LogP contribution in [-0.2, 0) is 4.74 Å². The zero-order valence-electron chi connectivity index (χ0n) is 13.2. The van der Waals surface area contributed by atoms with Crippen LogP contribution in [0.5, 0.6) is 5.75 Å². The second-order valence-electron chi connectivity index (χ2n) is 5.35. The summed E-state index contributed by atoms with van der Waals surface area (Å²) in [5, 5.41) is 0. The molecule has 1 atom stereocenters. The van der Waals surface area contributed by atoms with Crippen LogP contribution in [0.2, 0.25) is 0 Å². The molecule has 0 spiro atoms. The molecule has 0 fully saturated rings. The summed E-state index contributed by atoms with van der Waals surface area (Å²) in [7, 11) is 1.30. The van der Waals surface area contributed by atoms with Crippen molar-refractivity contribution in [3.05, 3.63) is 76.4 Å². The monoisotopic (exact) mass is 323 g/mol. The van der Waals surface area contributed by atoms with E-state index in [1.165, 1.54) is 19.2 Å². The normalized spacial score (nSPS) is 15.6. The molecule has 24 heavy (non-hydrogen) atoms. The maximum Gasteiger partial charge on any atom is 0.337 e. The summed E-state index contributed by atoms with van der Waals surface area (Å²) in [6.07, 6.45) is 1.46. The zero-order valence-corrected chi connectivity index (χ0v) is 13.2. The molecule has 0 amide bonds. The summed E-state index contributed by atoms with van der Waals surface area (Å²) in [6, 6.07) is 9.23. The summed E-state index contributed by atoms with van der Waals surface area (Å²) >= 11 is 0. The minimum Gasteiger partial charge on any atom is -0.486 e. The predicted octanol–water partition coefficient (Wildman–Crippen LogP) is 4.38. The van der Waals surface area contributed by atoms with E-state index in [4.69, 9.17) is 16.0 Å². The minimum absolute atomic E-state index is 0.213. The van der Waals surface area contributed by atoms with Crippen molar-refractivity contribution in [3.63, 3.8) is 0 Å². The molecular formula is C19H14FNO3. The largest absolute Gasteiger partial charge is 0.486 e. The number of hydrogen-bond acceptors (Lipinski definition) is 3. The Hall–Kier alpha value is -3.13. The first-order chi connectivity index (χ1) is 11.5. The number of benzene rings is 2. The second-order valence-corrected chi connectivity index (χ2v) is 5.35. The minimum atomic E-state index is -0.491. The molecule has 1 heterocycles. The van der Waals surface area contributed by atoms with Gasteiger partial charge in [-0.3, -0.25) is 0 Å². The lowest BCUT2D eigenvalue weighted by Gasteiger charge is -2.24. The number of carbonyl (C=O) groups is 1. The van der Waals surface area contributed by atoms with Crippen LogP contribution in [0, 0.1) is 12.4 Å². The number of hydrogen-bond donors (Lipinski definition) is 0. The Bertz CT molecular complexity index is 896. The fraction of sp³-hybridized carbons (Fsp3) is 0.158. The Morgan fingerprint density at radius 1 is 1.33 bits per heavy atom. The van der Waals surface area contributed by atoms with Gasteiger partial charge in [-0.1, -0.05) is 12.1 Å². The highest BCUT2D eigenvalue weighted by molar-refractivity contribution is 5.95. The van der Waals surface area contributed by atoms with E-state index in [0.717, 1.165) is 0 Å².